The van der Waals surface area contributed by atoms with Gasteiger partial charge in [0.15, 0.2) is 5.13 Å². The van der Waals surface area contributed by atoms with Crippen LogP contribution in [0.4, 0.5) is 5.13 Å². The van der Waals surface area contributed by atoms with Crippen molar-refractivity contribution in [3.8, 4) is 0 Å². The third kappa shape index (κ3) is 3.69. The fourth-order valence-corrected chi connectivity index (χ4v) is 3.89. The predicted molar refractivity (Wildman–Crippen MR) is 84.1 cm³/mol. The molecule has 1 aliphatic heterocycles. The molecule has 4 heteroatoms. The molecule has 0 spiro atoms. The van der Waals surface area contributed by atoms with E-state index in [9.17, 15) is 0 Å². The van der Waals surface area contributed by atoms with E-state index >= 15 is 0 Å². The summed E-state index contributed by atoms with van der Waals surface area (Å²) in [4.78, 5) is 8.78. The van der Waals surface area contributed by atoms with E-state index in [-0.39, 0.29) is 0 Å². The molecule has 3 nitrogen and oxygen atoms in total. The number of anilines is 1. The SMILES string of the molecule is CCNCc1sc(N2CCCC(C)(C)C2)nc1CC. The molecule has 0 atom stereocenters. The second-order valence-electron chi connectivity index (χ2n) is 6.19. The van der Waals surface area contributed by atoms with Crippen LogP contribution in [0.25, 0.3) is 0 Å². The number of thiazole rings is 1. The van der Waals surface area contributed by atoms with Gasteiger partial charge in [-0.15, -0.1) is 11.3 Å². The molecule has 0 saturated carbocycles. The molecule has 1 aliphatic rings. The Bertz CT molecular complexity index is 412. The fourth-order valence-electron chi connectivity index (χ4n) is 2.74. The van der Waals surface area contributed by atoms with E-state index in [1.807, 2.05) is 11.3 Å². The van der Waals surface area contributed by atoms with Crippen molar-refractivity contribution in [2.45, 2.75) is 53.5 Å². The number of hydrogen-bond acceptors (Lipinski definition) is 4. The van der Waals surface area contributed by atoms with E-state index in [2.05, 4.69) is 37.9 Å². The average Bonchev–Trinajstić information content (AvgIpc) is 2.78. The summed E-state index contributed by atoms with van der Waals surface area (Å²) in [6, 6.07) is 0. The van der Waals surface area contributed by atoms with Gasteiger partial charge in [0.25, 0.3) is 0 Å². The number of nitrogens with one attached hydrogen (secondary N) is 1. The van der Waals surface area contributed by atoms with Crippen LogP contribution in [0.3, 0.4) is 0 Å². The molecule has 0 unspecified atom stereocenters. The molecule has 0 aliphatic carbocycles. The van der Waals surface area contributed by atoms with E-state index in [0.717, 1.165) is 26.1 Å². The molecule has 0 bridgehead atoms. The lowest BCUT2D eigenvalue weighted by molar-refractivity contribution is 0.293. The molecule has 1 aromatic rings. The van der Waals surface area contributed by atoms with Crippen molar-refractivity contribution < 1.29 is 0 Å². The Morgan fingerprint density at radius 1 is 1.37 bits per heavy atom. The van der Waals surface area contributed by atoms with Crippen molar-refractivity contribution in [3.05, 3.63) is 10.6 Å². The Labute approximate surface area is 121 Å². The van der Waals surface area contributed by atoms with Crippen molar-refractivity contribution in [3.63, 3.8) is 0 Å². The maximum atomic E-state index is 4.88. The highest BCUT2D eigenvalue weighted by Crippen LogP contribution is 2.34. The molecule has 1 saturated heterocycles. The first-order valence-corrected chi connectivity index (χ1v) is 8.31. The summed E-state index contributed by atoms with van der Waals surface area (Å²) in [5.41, 5.74) is 1.71. The molecule has 1 N–H and O–H groups in total. The highest BCUT2D eigenvalue weighted by atomic mass is 32.1. The van der Waals surface area contributed by atoms with Gasteiger partial charge in [0, 0.05) is 24.5 Å². The second kappa shape index (κ2) is 6.23. The van der Waals surface area contributed by atoms with Crippen LogP contribution >= 0.6 is 11.3 Å². The predicted octanol–water partition coefficient (Wildman–Crippen LogP) is 3.44. The van der Waals surface area contributed by atoms with Gasteiger partial charge in [-0.05, 0) is 31.2 Å². The monoisotopic (exact) mass is 281 g/mol. The molecule has 19 heavy (non-hydrogen) atoms. The van der Waals surface area contributed by atoms with E-state index in [1.54, 1.807) is 0 Å². The zero-order valence-electron chi connectivity index (χ0n) is 12.8. The summed E-state index contributed by atoms with van der Waals surface area (Å²) in [5, 5.41) is 4.66. The summed E-state index contributed by atoms with van der Waals surface area (Å²) in [6.07, 6.45) is 3.66. The van der Waals surface area contributed by atoms with E-state index in [1.165, 1.54) is 35.1 Å². The number of rotatable bonds is 5. The number of nitrogens with zero attached hydrogens (tertiary/aromatic N) is 2. The van der Waals surface area contributed by atoms with Gasteiger partial charge in [-0.1, -0.05) is 27.7 Å². The molecule has 1 fully saturated rings. The van der Waals surface area contributed by atoms with Crippen molar-refractivity contribution in [1.82, 2.24) is 10.3 Å². The molecular formula is C15H27N3S. The van der Waals surface area contributed by atoms with E-state index < -0.39 is 0 Å². The lowest BCUT2D eigenvalue weighted by atomic mass is 9.84. The van der Waals surface area contributed by atoms with Gasteiger partial charge in [0.2, 0.25) is 0 Å². The molecule has 0 radical (unpaired) electrons. The zero-order chi connectivity index (χ0) is 13.9. The van der Waals surface area contributed by atoms with E-state index in [4.69, 9.17) is 4.98 Å². The van der Waals surface area contributed by atoms with Crippen LogP contribution in [0.1, 0.15) is 51.1 Å². The number of aryl methyl sites for hydroxylation is 1. The Hall–Kier alpha value is -0.610. The van der Waals surface area contributed by atoms with Gasteiger partial charge in [0.05, 0.1) is 5.69 Å². The summed E-state index contributed by atoms with van der Waals surface area (Å²) >= 11 is 1.88. The molecule has 1 aromatic heterocycles. The topological polar surface area (TPSA) is 28.2 Å². The van der Waals surface area contributed by atoms with Gasteiger partial charge < -0.3 is 10.2 Å². The first kappa shape index (κ1) is 14.8. The first-order valence-electron chi connectivity index (χ1n) is 7.50. The molecule has 108 valence electrons. The van der Waals surface area contributed by atoms with Gasteiger partial charge in [0.1, 0.15) is 0 Å². The Morgan fingerprint density at radius 3 is 2.79 bits per heavy atom. The van der Waals surface area contributed by atoms with Crippen LogP contribution in [-0.4, -0.2) is 24.6 Å². The van der Waals surface area contributed by atoms with Crippen LogP contribution in [0.5, 0.6) is 0 Å². The number of hydrogen-bond donors (Lipinski definition) is 1. The Balaban J connectivity index is 2.13. The maximum absolute atomic E-state index is 4.88. The third-order valence-electron chi connectivity index (χ3n) is 3.81. The zero-order valence-corrected chi connectivity index (χ0v) is 13.6. The van der Waals surface area contributed by atoms with Crippen molar-refractivity contribution in [2.75, 3.05) is 24.5 Å². The van der Waals surface area contributed by atoms with Crippen LogP contribution in [0.15, 0.2) is 0 Å². The number of aromatic nitrogens is 1. The van der Waals surface area contributed by atoms with Gasteiger partial charge in [-0.2, -0.15) is 0 Å². The van der Waals surface area contributed by atoms with Crippen LogP contribution in [0, 0.1) is 5.41 Å². The van der Waals surface area contributed by atoms with Crippen LogP contribution in [-0.2, 0) is 13.0 Å². The lowest BCUT2D eigenvalue weighted by Gasteiger charge is -2.37. The van der Waals surface area contributed by atoms with Crippen molar-refractivity contribution >= 4 is 16.5 Å². The molecule has 0 amide bonds. The van der Waals surface area contributed by atoms with Crippen LogP contribution < -0.4 is 10.2 Å². The fraction of sp³-hybridized carbons (Fsp3) is 0.800. The highest BCUT2D eigenvalue weighted by Gasteiger charge is 2.28. The highest BCUT2D eigenvalue weighted by molar-refractivity contribution is 7.15. The smallest absolute Gasteiger partial charge is 0.185 e. The molecule has 0 aromatic carbocycles. The first-order chi connectivity index (χ1) is 9.05. The second-order valence-corrected chi connectivity index (χ2v) is 7.25. The molecule has 2 heterocycles. The van der Waals surface area contributed by atoms with Crippen molar-refractivity contribution in [1.29, 1.82) is 0 Å². The lowest BCUT2D eigenvalue weighted by Crippen LogP contribution is -2.40. The minimum Gasteiger partial charge on any atom is -0.348 e. The summed E-state index contributed by atoms with van der Waals surface area (Å²) in [7, 11) is 0. The van der Waals surface area contributed by atoms with Crippen LogP contribution in [0.2, 0.25) is 0 Å². The van der Waals surface area contributed by atoms with E-state index in [0.29, 0.717) is 5.41 Å². The normalized spacial score (nSPS) is 18.8. The quantitative estimate of drug-likeness (QED) is 0.896. The molecule has 2 rings (SSSR count). The largest absolute Gasteiger partial charge is 0.348 e. The van der Waals surface area contributed by atoms with Gasteiger partial charge in [-0.25, -0.2) is 4.98 Å². The molecular weight excluding hydrogens is 254 g/mol. The summed E-state index contributed by atoms with van der Waals surface area (Å²) in [5.74, 6) is 0. The minimum atomic E-state index is 0.429. The Kier molecular flexibility index (Phi) is 4.85. The standard InChI is InChI=1S/C15H27N3S/c1-5-12-13(10-16-6-2)19-14(17-12)18-9-7-8-15(3,4)11-18/h16H,5-11H2,1-4H3. The number of piperidine rings is 1. The average molecular weight is 281 g/mol. The maximum Gasteiger partial charge on any atom is 0.185 e. The van der Waals surface area contributed by atoms with Gasteiger partial charge >= 0.3 is 0 Å². The summed E-state index contributed by atoms with van der Waals surface area (Å²) in [6.45, 7) is 13.4. The van der Waals surface area contributed by atoms with Gasteiger partial charge in [-0.3, -0.25) is 0 Å². The summed E-state index contributed by atoms with van der Waals surface area (Å²) < 4.78 is 0. The third-order valence-corrected chi connectivity index (χ3v) is 4.97. The van der Waals surface area contributed by atoms with Crippen molar-refractivity contribution in [2.24, 2.45) is 5.41 Å². The minimum absolute atomic E-state index is 0.429. The Morgan fingerprint density at radius 2 is 2.16 bits per heavy atom.